The summed E-state index contributed by atoms with van der Waals surface area (Å²) in [5.41, 5.74) is 0.899. The van der Waals surface area contributed by atoms with Gasteiger partial charge in [0.2, 0.25) is 0 Å². The molecule has 0 bridgehead atoms. The van der Waals surface area contributed by atoms with E-state index in [-0.39, 0.29) is 10.7 Å². The Labute approximate surface area is 111 Å². The molecule has 1 fully saturated rings. The summed E-state index contributed by atoms with van der Waals surface area (Å²) in [4.78, 5) is 10.3. The van der Waals surface area contributed by atoms with Gasteiger partial charge in [0, 0.05) is 18.7 Å². The molecule has 0 amide bonds. The van der Waals surface area contributed by atoms with Gasteiger partial charge in [-0.3, -0.25) is 10.1 Å². The number of hydrogen-bond acceptors (Lipinski definition) is 3. The van der Waals surface area contributed by atoms with Crippen molar-refractivity contribution in [3.8, 4) is 0 Å². The summed E-state index contributed by atoms with van der Waals surface area (Å²) in [7, 11) is 0. The monoisotopic (exact) mass is 268 g/mol. The Hall–Kier alpha value is -1.13. The van der Waals surface area contributed by atoms with E-state index in [4.69, 9.17) is 11.6 Å². The molecule has 0 aliphatic heterocycles. The van der Waals surface area contributed by atoms with Crippen molar-refractivity contribution in [3.05, 3.63) is 38.9 Å². The van der Waals surface area contributed by atoms with Crippen LogP contribution in [-0.2, 0) is 6.54 Å². The quantitative estimate of drug-likeness (QED) is 0.670. The molecule has 0 unspecified atom stereocenters. The minimum absolute atomic E-state index is 0.0142. The van der Waals surface area contributed by atoms with E-state index in [0.717, 1.165) is 5.56 Å². The lowest BCUT2D eigenvalue weighted by atomic mass is 9.95. The van der Waals surface area contributed by atoms with Crippen LogP contribution in [0.2, 0.25) is 5.02 Å². The van der Waals surface area contributed by atoms with Crippen LogP contribution in [0.5, 0.6) is 0 Å². The lowest BCUT2D eigenvalue weighted by Gasteiger charge is -2.22. The van der Waals surface area contributed by atoms with Gasteiger partial charge in [-0.15, -0.1) is 0 Å². The first kappa shape index (κ1) is 13.3. The van der Waals surface area contributed by atoms with Crippen molar-refractivity contribution in [2.75, 3.05) is 0 Å². The lowest BCUT2D eigenvalue weighted by Crippen LogP contribution is -2.30. The van der Waals surface area contributed by atoms with Gasteiger partial charge in [-0.05, 0) is 24.5 Å². The molecular formula is C13H17ClN2O2. The number of halogens is 1. The van der Waals surface area contributed by atoms with Gasteiger partial charge >= 0.3 is 0 Å². The predicted octanol–water partition coefficient (Wildman–Crippen LogP) is 3.67. The van der Waals surface area contributed by atoms with Crippen molar-refractivity contribution in [2.45, 2.75) is 44.7 Å². The molecule has 4 nitrogen and oxygen atoms in total. The van der Waals surface area contributed by atoms with Crippen LogP contribution in [0.4, 0.5) is 5.69 Å². The maximum atomic E-state index is 10.8. The van der Waals surface area contributed by atoms with Crippen molar-refractivity contribution in [1.29, 1.82) is 0 Å². The Kier molecular flexibility index (Phi) is 4.55. The van der Waals surface area contributed by atoms with Gasteiger partial charge in [0.15, 0.2) is 0 Å². The summed E-state index contributed by atoms with van der Waals surface area (Å²) >= 11 is 5.78. The van der Waals surface area contributed by atoms with Gasteiger partial charge in [0.05, 0.1) is 4.92 Å². The van der Waals surface area contributed by atoms with Gasteiger partial charge in [-0.2, -0.15) is 0 Å². The number of hydrogen-bond donors (Lipinski definition) is 1. The van der Waals surface area contributed by atoms with E-state index in [1.165, 1.54) is 32.1 Å². The van der Waals surface area contributed by atoms with Crippen LogP contribution in [-0.4, -0.2) is 11.0 Å². The van der Waals surface area contributed by atoms with Gasteiger partial charge in [0.25, 0.3) is 5.69 Å². The van der Waals surface area contributed by atoms with Crippen molar-refractivity contribution in [2.24, 2.45) is 0 Å². The minimum atomic E-state index is -0.438. The van der Waals surface area contributed by atoms with Crippen LogP contribution in [0, 0.1) is 10.1 Å². The molecule has 1 saturated carbocycles. The SMILES string of the molecule is O=[N+]([O-])c1cc(CNC2CCCCC2)ccc1Cl. The first-order valence-corrected chi connectivity index (χ1v) is 6.71. The largest absolute Gasteiger partial charge is 0.310 e. The average molecular weight is 269 g/mol. The summed E-state index contributed by atoms with van der Waals surface area (Å²) in [5.74, 6) is 0. The second-order valence-electron chi connectivity index (χ2n) is 4.76. The molecule has 98 valence electrons. The average Bonchev–Trinajstić information content (AvgIpc) is 2.38. The standard InChI is InChI=1S/C13H17ClN2O2/c14-12-7-6-10(8-13(12)16(17)18)9-15-11-4-2-1-3-5-11/h6-8,11,15H,1-5,9H2. The summed E-state index contributed by atoms with van der Waals surface area (Å²) in [6.45, 7) is 0.669. The van der Waals surface area contributed by atoms with E-state index in [1.807, 2.05) is 6.07 Å². The van der Waals surface area contributed by atoms with E-state index in [9.17, 15) is 10.1 Å². The molecule has 1 aromatic rings. The number of rotatable bonds is 4. The maximum absolute atomic E-state index is 10.8. The fourth-order valence-electron chi connectivity index (χ4n) is 2.38. The van der Waals surface area contributed by atoms with E-state index in [1.54, 1.807) is 12.1 Å². The van der Waals surface area contributed by atoms with Gasteiger partial charge in [-0.25, -0.2) is 0 Å². The first-order valence-electron chi connectivity index (χ1n) is 6.33. The third-order valence-corrected chi connectivity index (χ3v) is 3.73. The third kappa shape index (κ3) is 3.43. The van der Waals surface area contributed by atoms with E-state index in [0.29, 0.717) is 12.6 Å². The first-order chi connectivity index (χ1) is 8.66. The maximum Gasteiger partial charge on any atom is 0.288 e. The molecule has 0 radical (unpaired) electrons. The number of benzene rings is 1. The van der Waals surface area contributed by atoms with Crippen LogP contribution in [0.1, 0.15) is 37.7 Å². The smallest absolute Gasteiger partial charge is 0.288 e. The van der Waals surface area contributed by atoms with Gasteiger partial charge < -0.3 is 5.32 Å². The van der Waals surface area contributed by atoms with Gasteiger partial charge in [-0.1, -0.05) is 36.9 Å². The Bertz CT molecular complexity index is 431. The molecule has 1 aromatic carbocycles. The van der Waals surface area contributed by atoms with Crippen LogP contribution in [0.3, 0.4) is 0 Å². The topological polar surface area (TPSA) is 55.2 Å². The van der Waals surface area contributed by atoms with E-state index in [2.05, 4.69) is 5.32 Å². The molecule has 0 atom stereocenters. The molecule has 0 spiro atoms. The Morgan fingerprint density at radius 2 is 2.06 bits per heavy atom. The Balaban J connectivity index is 1.96. The van der Waals surface area contributed by atoms with E-state index >= 15 is 0 Å². The molecule has 18 heavy (non-hydrogen) atoms. The molecule has 0 heterocycles. The molecule has 1 aliphatic carbocycles. The van der Waals surface area contributed by atoms with Crippen LogP contribution >= 0.6 is 11.6 Å². The lowest BCUT2D eigenvalue weighted by molar-refractivity contribution is -0.384. The predicted molar refractivity (Wildman–Crippen MR) is 71.8 cm³/mol. The van der Waals surface area contributed by atoms with Crippen molar-refractivity contribution < 1.29 is 4.92 Å². The highest BCUT2D eigenvalue weighted by Gasteiger charge is 2.15. The second kappa shape index (κ2) is 6.16. The van der Waals surface area contributed by atoms with Crippen LogP contribution < -0.4 is 5.32 Å². The number of nitro groups is 1. The molecule has 2 rings (SSSR count). The van der Waals surface area contributed by atoms with Crippen LogP contribution in [0.15, 0.2) is 18.2 Å². The normalized spacial score (nSPS) is 16.7. The van der Waals surface area contributed by atoms with Crippen molar-refractivity contribution in [1.82, 2.24) is 5.32 Å². The second-order valence-corrected chi connectivity index (χ2v) is 5.17. The van der Waals surface area contributed by atoms with E-state index < -0.39 is 4.92 Å². The highest BCUT2D eigenvalue weighted by atomic mass is 35.5. The molecule has 0 aromatic heterocycles. The highest BCUT2D eigenvalue weighted by Crippen LogP contribution is 2.25. The molecular weight excluding hydrogens is 252 g/mol. The molecule has 0 saturated heterocycles. The summed E-state index contributed by atoms with van der Waals surface area (Å²) < 4.78 is 0. The number of nitro benzene ring substituents is 1. The molecule has 1 N–H and O–H groups in total. The highest BCUT2D eigenvalue weighted by molar-refractivity contribution is 6.32. The summed E-state index contributed by atoms with van der Waals surface area (Å²) in [6.07, 6.45) is 6.28. The zero-order chi connectivity index (χ0) is 13.0. The summed E-state index contributed by atoms with van der Waals surface area (Å²) in [5, 5.41) is 14.4. The van der Waals surface area contributed by atoms with Gasteiger partial charge in [0.1, 0.15) is 5.02 Å². The Morgan fingerprint density at radius 3 is 2.72 bits per heavy atom. The number of nitrogens with zero attached hydrogens (tertiary/aromatic N) is 1. The van der Waals surface area contributed by atoms with Crippen molar-refractivity contribution >= 4 is 17.3 Å². The Morgan fingerprint density at radius 1 is 1.33 bits per heavy atom. The zero-order valence-electron chi connectivity index (χ0n) is 10.2. The third-order valence-electron chi connectivity index (χ3n) is 3.41. The molecule has 1 aliphatic rings. The van der Waals surface area contributed by atoms with Crippen molar-refractivity contribution in [3.63, 3.8) is 0 Å². The zero-order valence-corrected chi connectivity index (χ0v) is 10.9. The summed E-state index contributed by atoms with van der Waals surface area (Å²) in [6, 6.07) is 5.54. The minimum Gasteiger partial charge on any atom is -0.310 e. The van der Waals surface area contributed by atoms with Crippen LogP contribution in [0.25, 0.3) is 0 Å². The number of nitrogens with one attached hydrogen (secondary N) is 1. The molecule has 5 heteroatoms. The fraction of sp³-hybridized carbons (Fsp3) is 0.538. The fourth-order valence-corrected chi connectivity index (χ4v) is 2.56.